The van der Waals surface area contributed by atoms with E-state index >= 15 is 0 Å². The van der Waals surface area contributed by atoms with Crippen LogP contribution in [0.15, 0.2) is 18.3 Å². The maximum absolute atomic E-state index is 12.4. The van der Waals surface area contributed by atoms with E-state index in [0.29, 0.717) is 11.3 Å². The predicted octanol–water partition coefficient (Wildman–Crippen LogP) is 2.19. The molecule has 1 rings (SSSR count). The number of carbonyl (C=O) groups is 2. The van der Waals surface area contributed by atoms with Gasteiger partial charge in [-0.2, -0.15) is 13.2 Å². The quantitative estimate of drug-likeness (QED) is 0.902. The summed E-state index contributed by atoms with van der Waals surface area (Å²) in [6.07, 6.45) is -3.15. The standard InChI is InChI=1S/C12H13F3N2O3/c1-2-5-17(7-12(13,14)15)10(18)8-3-4-9(11(19)20)16-6-8/h3-4,6H,2,5,7H2,1H3,(H,19,20). The SMILES string of the molecule is CCCN(CC(F)(F)F)C(=O)c1ccc(C(=O)O)nc1. The molecule has 1 aromatic rings. The van der Waals surface area contributed by atoms with E-state index in [9.17, 15) is 22.8 Å². The molecule has 1 amide bonds. The van der Waals surface area contributed by atoms with Gasteiger partial charge in [-0.05, 0) is 18.6 Å². The highest BCUT2D eigenvalue weighted by Crippen LogP contribution is 2.18. The number of carboxylic acids is 1. The maximum Gasteiger partial charge on any atom is 0.406 e. The first-order valence-electron chi connectivity index (χ1n) is 5.80. The zero-order chi connectivity index (χ0) is 15.3. The van der Waals surface area contributed by atoms with Gasteiger partial charge in [0.25, 0.3) is 5.91 Å². The van der Waals surface area contributed by atoms with Crippen LogP contribution in [0.1, 0.15) is 34.2 Å². The molecular weight excluding hydrogens is 277 g/mol. The van der Waals surface area contributed by atoms with Crippen molar-refractivity contribution in [2.75, 3.05) is 13.1 Å². The van der Waals surface area contributed by atoms with Crippen molar-refractivity contribution < 1.29 is 27.9 Å². The van der Waals surface area contributed by atoms with Gasteiger partial charge in [0.05, 0.1) is 5.56 Å². The van der Waals surface area contributed by atoms with Crippen LogP contribution < -0.4 is 0 Å². The Kier molecular flexibility index (Phi) is 5.06. The Morgan fingerprint density at radius 2 is 2.00 bits per heavy atom. The number of hydrogen-bond donors (Lipinski definition) is 1. The number of hydrogen-bond acceptors (Lipinski definition) is 3. The Morgan fingerprint density at radius 3 is 2.40 bits per heavy atom. The molecule has 0 aromatic carbocycles. The molecule has 0 aliphatic carbocycles. The summed E-state index contributed by atoms with van der Waals surface area (Å²) in [7, 11) is 0. The van der Waals surface area contributed by atoms with Crippen LogP contribution in [0.2, 0.25) is 0 Å². The molecule has 110 valence electrons. The zero-order valence-electron chi connectivity index (χ0n) is 10.6. The third kappa shape index (κ3) is 4.52. The van der Waals surface area contributed by atoms with Crippen molar-refractivity contribution in [3.8, 4) is 0 Å². The number of aromatic nitrogens is 1. The van der Waals surface area contributed by atoms with Crippen molar-refractivity contribution in [1.29, 1.82) is 0 Å². The van der Waals surface area contributed by atoms with Crippen LogP contribution >= 0.6 is 0 Å². The van der Waals surface area contributed by atoms with Gasteiger partial charge >= 0.3 is 12.1 Å². The molecule has 0 radical (unpaired) electrons. The summed E-state index contributed by atoms with van der Waals surface area (Å²) in [4.78, 5) is 26.7. The molecule has 0 atom stereocenters. The molecule has 0 bridgehead atoms. The summed E-state index contributed by atoms with van der Waals surface area (Å²) < 4.78 is 37.2. The lowest BCUT2D eigenvalue weighted by Gasteiger charge is -2.23. The van der Waals surface area contributed by atoms with Gasteiger partial charge in [0.1, 0.15) is 12.2 Å². The fourth-order valence-corrected chi connectivity index (χ4v) is 1.57. The number of carbonyl (C=O) groups excluding carboxylic acids is 1. The molecule has 1 heterocycles. The normalized spacial score (nSPS) is 11.2. The van der Waals surface area contributed by atoms with E-state index in [-0.39, 0.29) is 17.8 Å². The minimum atomic E-state index is -4.49. The van der Waals surface area contributed by atoms with Gasteiger partial charge in [-0.3, -0.25) is 4.79 Å². The summed E-state index contributed by atoms with van der Waals surface area (Å²) in [6, 6.07) is 2.23. The van der Waals surface area contributed by atoms with E-state index < -0.39 is 24.6 Å². The van der Waals surface area contributed by atoms with Crippen LogP contribution in [0.25, 0.3) is 0 Å². The third-order valence-electron chi connectivity index (χ3n) is 2.38. The summed E-state index contributed by atoms with van der Waals surface area (Å²) in [5.41, 5.74) is -0.355. The van der Waals surface area contributed by atoms with E-state index in [1.54, 1.807) is 6.92 Å². The molecule has 0 spiro atoms. The second kappa shape index (κ2) is 6.36. The number of amides is 1. The number of aromatic carboxylic acids is 1. The minimum Gasteiger partial charge on any atom is -0.477 e. The largest absolute Gasteiger partial charge is 0.477 e. The van der Waals surface area contributed by atoms with Crippen molar-refractivity contribution >= 4 is 11.9 Å². The first kappa shape index (κ1) is 15.9. The number of halogens is 3. The van der Waals surface area contributed by atoms with Crippen LogP contribution in [0, 0.1) is 0 Å². The van der Waals surface area contributed by atoms with Gasteiger partial charge in [-0.15, -0.1) is 0 Å². The van der Waals surface area contributed by atoms with Gasteiger partial charge < -0.3 is 10.0 Å². The zero-order valence-corrected chi connectivity index (χ0v) is 10.6. The molecule has 0 aliphatic heterocycles. The average Bonchev–Trinajstić information content (AvgIpc) is 2.36. The van der Waals surface area contributed by atoms with Gasteiger partial charge in [-0.1, -0.05) is 6.92 Å². The van der Waals surface area contributed by atoms with Crippen LogP contribution in [0.4, 0.5) is 13.2 Å². The van der Waals surface area contributed by atoms with Gasteiger partial charge in [0.2, 0.25) is 0 Å². The molecule has 20 heavy (non-hydrogen) atoms. The van der Waals surface area contributed by atoms with Crippen molar-refractivity contribution in [1.82, 2.24) is 9.88 Å². The van der Waals surface area contributed by atoms with Crippen LogP contribution in [-0.2, 0) is 0 Å². The molecular formula is C12H13F3N2O3. The van der Waals surface area contributed by atoms with Crippen molar-refractivity contribution in [2.45, 2.75) is 19.5 Å². The Labute approximate surface area is 113 Å². The van der Waals surface area contributed by atoms with Gasteiger partial charge in [-0.25, -0.2) is 9.78 Å². The Morgan fingerprint density at radius 1 is 1.35 bits per heavy atom. The average molecular weight is 290 g/mol. The summed E-state index contributed by atoms with van der Waals surface area (Å²) in [5, 5.41) is 8.65. The number of pyridine rings is 1. The second-order valence-corrected chi connectivity index (χ2v) is 4.08. The van der Waals surface area contributed by atoms with Crippen LogP contribution in [0.5, 0.6) is 0 Å². The fourth-order valence-electron chi connectivity index (χ4n) is 1.57. The lowest BCUT2D eigenvalue weighted by Crippen LogP contribution is -2.39. The van der Waals surface area contributed by atoms with Crippen molar-refractivity contribution in [2.24, 2.45) is 0 Å². The monoisotopic (exact) mass is 290 g/mol. The number of rotatable bonds is 5. The Balaban J connectivity index is 2.91. The highest BCUT2D eigenvalue weighted by molar-refractivity contribution is 5.94. The third-order valence-corrected chi connectivity index (χ3v) is 2.38. The molecule has 0 aliphatic rings. The highest BCUT2D eigenvalue weighted by Gasteiger charge is 2.33. The van der Waals surface area contributed by atoms with Gasteiger partial charge in [0, 0.05) is 12.7 Å². The molecule has 0 unspecified atom stereocenters. The van der Waals surface area contributed by atoms with E-state index in [1.807, 2.05) is 0 Å². The van der Waals surface area contributed by atoms with Crippen LogP contribution in [0.3, 0.4) is 0 Å². The second-order valence-electron chi connectivity index (χ2n) is 4.08. The first-order chi connectivity index (χ1) is 9.24. The van der Waals surface area contributed by atoms with Gasteiger partial charge in [0.15, 0.2) is 0 Å². The van der Waals surface area contributed by atoms with E-state index in [0.717, 1.165) is 18.3 Å². The summed E-state index contributed by atoms with van der Waals surface area (Å²) >= 11 is 0. The molecule has 0 saturated heterocycles. The van der Waals surface area contributed by atoms with Crippen LogP contribution in [-0.4, -0.2) is 46.1 Å². The lowest BCUT2D eigenvalue weighted by atomic mass is 10.2. The smallest absolute Gasteiger partial charge is 0.406 e. The van der Waals surface area contributed by atoms with E-state index in [2.05, 4.69) is 4.98 Å². The summed E-state index contributed by atoms with van der Waals surface area (Å²) in [5.74, 6) is -2.10. The lowest BCUT2D eigenvalue weighted by molar-refractivity contribution is -0.140. The molecule has 5 nitrogen and oxygen atoms in total. The fraction of sp³-hybridized carbons (Fsp3) is 0.417. The Bertz CT molecular complexity index is 486. The minimum absolute atomic E-state index is 0.0426. The van der Waals surface area contributed by atoms with E-state index in [4.69, 9.17) is 5.11 Å². The Hall–Kier alpha value is -2.12. The van der Waals surface area contributed by atoms with E-state index in [1.165, 1.54) is 0 Å². The number of nitrogens with zero attached hydrogens (tertiary/aromatic N) is 2. The first-order valence-corrected chi connectivity index (χ1v) is 5.80. The summed E-state index contributed by atoms with van der Waals surface area (Å²) in [6.45, 7) is 0.266. The molecule has 1 N–H and O–H groups in total. The van der Waals surface area contributed by atoms with Crippen molar-refractivity contribution in [3.05, 3.63) is 29.6 Å². The number of alkyl halides is 3. The highest BCUT2D eigenvalue weighted by atomic mass is 19.4. The number of carboxylic acid groups (broad SMARTS) is 1. The molecule has 0 saturated carbocycles. The van der Waals surface area contributed by atoms with Crippen molar-refractivity contribution in [3.63, 3.8) is 0 Å². The molecule has 0 fully saturated rings. The molecule has 8 heteroatoms. The topological polar surface area (TPSA) is 70.5 Å². The maximum atomic E-state index is 12.4. The molecule has 1 aromatic heterocycles. The predicted molar refractivity (Wildman–Crippen MR) is 63.4 cm³/mol.